The SMILES string of the molecule is Cc1cc(C2CN([C@@H]3CCN(C(=O)C#CCCN(C)C)C3)C2)cc2c1O[C@H](C)c1c(ncnc1N1CCS(=O)(=O)CC1)N2. The first-order chi connectivity index (χ1) is 20.6. The molecule has 0 bridgehead atoms. The Hall–Kier alpha value is -3.40. The van der Waals surface area contributed by atoms with Crippen LogP contribution in [0.1, 0.15) is 48.5 Å². The number of carbonyl (C=O) groups is 1. The van der Waals surface area contributed by atoms with Crippen molar-refractivity contribution in [2.75, 3.05) is 81.6 Å². The number of amides is 1. The summed E-state index contributed by atoms with van der Waals surface area (Å²) in [5.74, 6) is 8.64. The van der Waals surface area contributed by atoms with Crippen LogP contribution >= 0.6 is 0 Å². The van der Waals surface area contributed by atoms with Gasteiger partial charge < -0.3 is 24.8 Å². The Morgan fingerprint density at radius 3 is 2.65 bits per heavy atom. The van der Waals surface area contributed by atoms with Crippen LogP contribution in [0.5, 0.6) is 5.75 Å². The molecule has 0 spiro atoms. The molecule has 4 aliphatic rings. The highest BCUT2D eigenvalue weighted by atomic mass is 32.2. The van der Waals surface area contributed by atoms with Crippen LogP contribution in [-0.2, 0) is 14.6 Å². The molecule has 11 nitrogen and oxygen atoms in total. The number of hydrogen-bond donors (Lipinski definition) is 1. The van der Waals surface area contributed by atoms with Crippen LogP contribution in [0.25, 0.3) is 0 Å². The Morgan fingerprint density at radius 1 is 1.14 bits per heavy atom. The minimum Gasteiger partial charge on any atom is -0.483 e. The molecule has 0 aliphatic carbocycles. The molecule has 5 heterocycles. The van der Waals surface area contributed by atoms with E-state index in [0.717, 1.165) is 67.5 Å². The quantitative estimate of drug-likeness (QED) is 0.508. The van der Waals surface area contributed by atoms with Crippen LogP contribution < -0.4 is 15.0 Å². The van der Waals surface area contributed by atoms with Crippen LogP contribution in [0.2, 0.25) is 0 Å². The fourth-order valence-electron chi connectivity index (χ4n) is 6.43. The van der Waals surface area contributed by atoms with Gasteiger partial charge in [-0.1, -0.05) is 12.0 Å². The molecule has 4 aliphatic heterocycles. The first-order valence-electron chi connectivity index (χ1n) is 15.1. The fraction of sp³-hybridized carbons (Fsp3) is 0.581. The first kappa shape index (κ1) is 29.7. The van der Waals surface area contributed by atoms with E-state index in [0.29, 0.717) is 37.3 Å². The van der Waals surface area contributed by atoms with Crippen molar-refractivity contribution >= 4 is 33.1 Å². The minimum atomic E-state index is -3.01. The van der Waals surface area contributed by atoms with Crippen molar-refractivity contribution in [3.63, 3.8) is 0 Å². The number of fused-ring (bicyclic) bond motifs is 2. The molecule has 12 heteroatoms. The summed E-state index contributed by atoms with van der Waals surface area (Å²) < 4.78 is 30.5. The number of ether oxygens (including phenoxy) is 1. The van der Waals surface area contributed by atoms with Gasteiger partial charge in [0.1, 0.15) is 29.8 Å². The van der Waals surface area contributed by atoms with Gasteiger partial charge in [0, 0.05) is 64.2 Å². The van der Waals surface area contributed by atoms with E-state index in [-0.39, 0.29) is 23.5 Å². The molecule has 230 valence electrons. The normalized spacial score (nSPS) is 23.3. The molecule has 1 aromatic heterocycles. The van der Waals surface area contributed by atoms with Gasteiger partial charge in [0.05, 0.1) is 22.8 Å². The van der Waals surface area contributed by atoms with Crippen LogP contribution in [0, 0.1) is 18.8 Å². The Labute approximate surface area is 254 Å². The molecular formula is C31H41N7O4S. The highest BCUT2D eigenvalue weighted by Crippen LogP contribution is 2.45. The van der Waals surface area contributed by atoms with Gasteiger partial charge in [0.15, 0.2) is 9.84 Å². The summed E-state index contributed by atoms with van der Waals surface area (Å²) >= 11 is 0. The lowest BCUT2D eigenvalue weighted by Gasteiger charge is -2.43. The zero-order chi connectivity index (χ0) is 30.3. The number of nitrogens with zero attached hydrogens (tertiary/aromatic N) is 6. The van der Waals surface area contributed by atoms with Gasteiger partial charge in [-0.15, -0.1) is 0 Å². The Kier molecular flexibility index (Phi) is 8.24. The highest BCUT2D eigenvalue weighted by molar-refractivity contribution is 7.91. The third-order valence-corrected chi connectivity index (χ3v) is 10.6. The number of carbonyl (C=O) groups excluding carboxylic acids is 1. The molecule has 43 heavy (non-hydrogen) atoms. The number of aryl methyl sites for hydroxylation is 1. The number of aromatic nitrogens is 2. The smallest absolute Gasteiger partial charge is 0.298 e. The highest BCUT2D eigenvalue weighted by Gasteiger charge is 2.38. The lowest BCUT2D eigenvalue weighted by molar-refractivity contribution is -0.124. The van der Waals surface area contributed by atoms with Crippen molar-refractivity contribution in [1.82, 2.24) is 24.7 Å². The van der Waals surface area contributed by atoms with Crippen molar-refractivity contribution < 1.29 is 17.9 Å². The van der Waals surface area contributed by atoms with Crippen molar-refractivity contribution in [3.8, 4) is 17.6 Å². The van der Waals surface area contributed by atoms with Crippen LogP contribution in [0.4, 0.5) is 17.3 Å². The average molecular weight is 608 g/mol. The number of hydrogen-bond acceptors (Lipinski definition) is 10. The predicted molar refractivity (Wildman–Crippen MR) is 167 cm³/mol. The van der Waals surface area contributed by atoms with Gasteiger partial charge in [-0.2, -0.15) is 0 Å². The molecule has 0 radical (unpaired) electrons. The lowest BCUT2D eigenvalue weighted by atomic mass is 9.88. The van der Waals surface area contributed by atoms with Gasteiger partial charge in [-0.3, -0.25) is 9.69 Å². The van der Waals surface area contributed by atoms with E-state index in [1.54, 1.807) is 0 Å². The molecular weight excluding hydrogens is 566 g/mol. The van der Waals surface area contributed by atoms with E-state index in [1.807, 2.05) is 30.8 Å². The van der Waals surface area contributed by atoms with E-state index in [4.69, 9.17) is 4.74 Å². The second kappa shape index (κ2) is 11.9. The largest absolute Gasteiger partial charge is 0.483 e. The molecule has 2 aromatic rings. The molecule has 6 rings (SSSR count). The maximum Gasteiger partial charge on any atom is 0.298 e. The Balaban J connectivity index is 1.12. The minimum absolute atomic E-state index is 0.0578. The molecule has 0 unspecified atom stereocenters. The Morgan fingerprint density at radius 2 is 1.91 bits per heavy atom. The summed E-state index contributed by atoms with van der Waals surface area (Å²) in [4.78, 5) is 30.2. The lowest BCUT2D eigenvalue weighted by Crippen LogP contribution is -2.51. The molecule has 1 aromatic carbocycles. The molecule has 3 fully saturated rings. The predicted octanol–water partition coefficient (Wildman–Crippen LogP) is 2.17. The maximum atomic E-state index is 12.6. The second-order valence-electron chi connectivity index (χ2n) is 12.4. The van der Waals surface area contributed by atoms with Gasteiger partial charge >= 0.3 is 0 Å². The molecule has 2 atom stereocenters. The number of benzene rings is 1. The summed E-state index contributed by atoms with van der Waals surface area (Å²) in [6.07, 6.45) is 2.91. The van der Waals surface area contributed by atoms with Gasteiger partial charge in [0.2, 0.25) is 0 Å². The van der Waals surface area contributed by atoms with Crippen molar-refractivity contribution in [3.05, 3.63) is 35.2 Å². The third kappa shape index (κ3) is 6.30. The van der Waals surface area contributed by atoms with Crippen LogP contribution in [-0.4, -0.2) is 116 Å². The van der Waals surface area contributed by atoms with Crippen LogP contribution in [0.3, 0.4) is 0 Å². The maximum absolute atomic E-state index is 12.6. The summed E-state index contributed by atoms with van der Waals surface area (Å²) in [6.45, 7) is 9.15. The van der Waals surface area contributed by atoms with Crippen molar-refractivity contribution in [2.24, 2.45) is 0 Å². The number of sulfone groups is 1. The second-order valence-corrected chi connectivity index (χ2v) is 14.7. The first-order valence-corrected chi connectivity index (χ1v) is 16.9. The topological polar surface area (TPSA) is 111 Å². The molecule has 1 amide bonds. The van der Waals surface area contributed by atoms with E-state index in [2.05, 4.69) is 56.0 Å². The number of nitrogens with one attached hydrogen (secondary N) is 1. The average Bonchev–Trinajstić information content (AvgIpc) is 3.36. The molecule has 3 saturated heterocycles. The van der Waals surface area contributed by atoms with Crippen molar-refractivity contribution in [2.45, 2.75) is 44.8 Å². The fourth-order valence-corrected chi connectivity index (χ4v) is 7.63. The Bertz CT molecular complexity index is 1550. The zero-order valence-corrected chi connectivity index (χ0v) is 26.3. The summed E-state index contributed by atoms with van der Waals surface area (Å²) in [6, 6.07) is 4.77. The van der Waals surface area contributed by atoms with E-state index >= 15 is 0 Å². The summed E-state index contributed by atoms with van der Waals surface area (Å²) in [7, 11) is 1.00. The van der Waals surface area contributed by atoms with E-state index in [9.17, 15) is 13.2 Å². The summed E-state index contributed by atoms with van der Waals surface area (Å²) in [5, 5.41) is 3.53. The van der Waals surface area contributed by atoms with E-state index < -0.39 is 9.84 Å². The number of likely N-dealkylation sites (tertiary alicyclic amines) is 2. The third-order valence-electron chi connectivity index (χ3n) is 8.99. The van der Waals surface area contributed by atoms with Gasteiger partial charge in [0.25, 0.3) is 5.91 Å². The molecule has 1 N–H and O–H groups in total. The molecule has 0 saturated carbocycles. The van der Waals surface area contributed by atoms with Crippen LogP contribution in [0.15, 0.2) is 18.5 Å². The summed E-state index contributed by atoms with van der Waals surface area (Å²) in [5.41, 5.74) is 4.04. The van der Waals surface area contributed by atoms with Gasteiger partial charge in [-0.05, 0) is 57.5 Å². The standard InChI is InChI=1S/C31H41N7O4S/c1-21-15-23(24-17-38(18-24)25-8-10-37(19-25)27(39)7-5-6-9-35(3)4)16-26-29(21)42-22(2)28-30(34-26)32-20-33-31(28)36-11-13-43(40,41)14-12-36/h15-16,20,22,24-25H,6,8-14,17-19H2,1-4H3,(H,32,33,34)/t22-,25-/m1/s1. The number of anilines is 3. The van der Waals surface area contributed by atoms with Crippen molar-refractivity contribution in [1.29, 1.82) is 0 Å². The van der Waals surface area contributed by atoms with E-state index in [1.165, 1.54) is 11.9 Å². The zero-order valence-electron chi connectivity index (χ0n) is 25.5. The van der Waals surface area contributed by atoms with Gasteiger partial charge in [-0.25, -0.2) is 18.4 Å². The number of rotatable bonds is 5. The monoisotopic (exact) mass is 607 g/mol.